The quantitative estimate of drug-likeness (QED) is 0.589. The Bertz CT molecular complexity index is 507. The zero-order valence-corrected chi connectivity index (χ0v) is 16.1. The lowest BCUT2D eigenvalue weighted by atomic mass is 10.1. The van der Waals surface area contributed by atoms with Crippen molar-refractivity contribution in [1.82, 2.24) is 15.5 Å². The molecule has 1 aromatic carbocycles. The monoisotopic (exact) mass is 346 g/mol. The number of aliphatic imine (C=N–C) groups is 1. The van der Waals surface area contributed by atoms with E-state index in [1.54, 1.807) is 14.2 Å². The molecule has 1 aromatic rings. The second kappa shape index (κ2) is 11.1. The highest BCUT2D eigenvalue weighted by atomic mass is 16.5. The van der Waals surface area contributed by atoms with Gasteiger partial charge in [0.1, 0.15) is 0 Å². The van der Waals surface area contributed by atoms with Crippen LogP contribution in [-0.4, -0.2) is 50.8 Å². The van der Waals surface area contributed by atoms with E-state index >= 15 is 0 Å². The van der Waals surface area contributed by atoms with Crippen molar-refractivity contribution >= 4 is 5.96 Å². The van der Waals surface area contributed by atoms with Crippen LogP contribution in [0.15, 0.2) is 29.3 Å². The van der Waals surface area contributed by atoms with E-state index < -0.39 is 0 Å². The molecular formula is C20H34N4O. The van der Waals surface area contributed by atoms with Crippen molar-refractivity contribution < 1.29 is 4.74 Å². The van der Waals surface area contributed by atoms with E-state index in [0.717, 1.165) is 19.0 Å². The number of methoxy groups -OCH3 is 1. The van der Waals surface area contributed by atoms with Crippen molar-refractivity contribution in [1.29, 1.82) is 0 Å². The van der Waals surface area contributed by atoms with Crippen LogP contribution in [-0.2, 0) is 17.8 Å². The molecule has 0 bridgehead atoms. The van der Waals surface area contributed by atoms with E-state index in [0.29, 0.717) is 6.61 Å². The summed E-state index contributed by atoms with van der Waals surface area (Å²) in [6.07, 6.45) is 5.46. The summed E-state index contributed by atoms with van der Waals surface area (Å²) in [7, 11) is 3.50. The lowest BCUT2D eigenvalue weighted by Gasteiger charge is -2.20. The fourth-order valence-electron chi connectivity index (χ4n) is 3.22. The minimum atomic E-state index is 0.229. The highest BCUT2D eigenvalue weighted by molar-refractivity contribution is 5.79. The van der Waals surface area contributed by atoms with Gasteiger partial charge in [0, 0.05) is 33.3 Å². The van der Waals surface area contributed by atoms with Crippen LogP contribution in [0.1, 0.15) is 43.7 Å². The number of nitrogens with zero attached hydrogens (tertiary/aromatic N) is 2. The number of hydrogen-bond donors (Lipinski definition) is 2. The molecule has 5 heteroatoms. The Morgan fingerprint density at radius 3 is 2.36 bits per heavy atom. The van der Waals surface area contributed by atoms with Crippen molar-refractivity contribution in [2.45, 2.75) is 51.7 Å². The highest BCUT2D eigenvalue weighted by Crippen LogP contribution is 2.13. The van der Waals surface area contributed by atoms with Gasteiger partial charge in [-0.3, -0.25) is 9.89 Å². The lowest BCUT2D eigenvalue weighted by Crippen LogP contribution is -2.43. The maximum absolute atomic E-state index is 5.15. The number of benzene rings is 1. The van der Waals surface area contributed by atoms with Gasteiger partial charge >= 0.3 is 0 Å². The number of ether oxygens (including phenoxy) is 1. The second-order valence-electron chi connectivity index (χ2n) is 6.93. The Balaban J connectivity index is 1.79. The molecule has 1 atom stereocenters. The molecule has 0 aromatic heterocycles. The van der Waals surface area contributed by atoms with Crippen LogP contribution in [0.5, 0.6) is 0 Å². The van der Waals surface area contributed by atoms with Gasteiger partial charge in [-0.2, -0.15) is 0 Å². The standard InChI is InChI=1S/C20H34N4O/c1-17(16-25-3)23-20(21-2)22-14-18-8-10-19(11-9-18)15-24-12-6-4-5-7-13-24/h8-11,17H,4-7,12-16H2,1-3H3,(H2,21,22,23). The van der Waals surface area contributed by atoms with Crippen molar-refractivity contribution in [2.24, 2.45) is 4.99 Å². The summed E-state index contributed by atoms with van der Waals surface area (Å²) in [5.74, 6) is 0.804. The van der Waals surface area contributed by atoms with Crippen molar-refractivity contribution in [3.63, 3.8) is 0 Å². The summed E-state index contributed by atoms with van der Waals surface area (Å²) in [5, 5.41) is 6.67. The van der Waals surface area contributed by atoms with E-state index in [4.69, 9.17) is 4.74 Å². The Morgan fingerprint density at radius 2 is 1.76 bits per heavy atom. The summed E-state index contributed by atoms with van der Waals surface area (Å²) in [4.78, 5) is 6.85. The van der Waals surface area contributed by atoms with E-state index in [1.807, 2.05) is 0 Å². The fourth-order valence-corrected chi connectivity index (χ4v) is 3.22. The highest BCUT2D eigenvalue weighted by Gasteiger charge is 2.09. The van der Waals surface area contributed by atoms with Gasteiger partial charge in [-0.05, 0) is 44.0 Å². The lowest BCUT2D eigenvalue weighted by molar-refractivity contribution is 0.179. The fraction of sp³-hybridized carbons (Fsp3) is 0.650. The first-order valence-electron chi connectivity index (χ1n) is 9.47. The Hall–Kier alpha value is -1.59. The number of rotatable bonds is 7. The molecule has 1 fully saturated rings. The minimum Gasteiger partial charge on any atom is -0.383 e. The number of guanidine groups is 1. The summed E-state index contributed by atoms with van der Waals surface area (Å²) in [6.45, 7) is 7.06. The van der Waals surface area contributed by atoms with E-state index in [2.05, 4.69) is 51.7 Å². The van der Waals surface area contributed by atoms with Crippen molar-refractivity contribution in [3.8, 4) is 0 Å². The first kappa shape index (κ1) is 19.7. The summed E-state index contributed by atoms with van der Waals surface area (Å²) < 4.78 is 5.15. The normalized spacial score (nSPS) is 17.8. The van der Waals surface area contributed by atoms with Crippen molar-refractivity contribution in [2.75, 3.05) is 33.9 Å². The van der Waals surface area contributed by atoms with Gasteiger partial charge in [-0.25, -0.2) is 0 Å². The zero-order chi connectivity index (χ0) is 17.9. The Labute approximate surface area is 152 Å². The third-order valence-electron chi connectivity index (χ3n) is 4.61. The van der Waals surface area contributed by atoms with Crippen LogP contribution < -0.4 is 10.6 Å². The predicted molar refractivity (Wildman–Crippen MR) is 105 cm³/mol. The van der Waals surface area contributed by atoms with Crippen LogP contribution in [0.25, 0.3) is 0 Å². The second-order valence-corrected chi connectivity index (χ2v) is 6.93. The van der Waals surface area contributed by atoms with Crippen LogP contribution in [0.4, 0.5) is 0 Å². The third kappa shape index (κ3) is 7.45. The van der Waals surface area contributed by atoms with E-state index in [1.165, 1.54) is 49.9 Å². The van der Waals surface area contributed by atoms with Gasteiger partial charge in [-0.15, -0.1) is 0 Å². The van der Waals surface area contributed by atoms with Gasteiger partial charge in [0.05, 0.1) is 6.61 Å². The third-order valence-corrected chi connectivity index (χ3v) is 4.61. The molecule has 5 nitrogen and oxygen atoms in total. The molecule has 0 radical (unpaired) electrons. The first-order chi connectivity index (χ1) is 12.2. The number of hydrogen-bond acceptors (Lipinski definition) is 3. The Morgan fingerprint density at radius 1 is 1.12 bits per heavy atom. The molecule has 1 aliphatic heterocycles. The molecule has 2 rings (SSSR count). The SMILES string of the molecule is CN=C(NCc1ccc(CN2CCCCCC2)cc1)NC(C)COC. The van der Waals surface area contributed by atoms with Gasteiger partial charge < -0.3 is 15.4 Å². The zero-order valence-electron chi connectivity index (χ0n) is 16.1. The largest absolute Gasteiger partial charge is 0.383 e. The molecule has 0 saturated carbocycles. The predicted octanol–water partition coefficient (Wildman–Crippen LogP) is 2.76. The molecule has 140 valence electrons. The van der Waals surface area contributed by atoms with Gasteiger partial charge in [0.2, 0.25) is 0 Å². The molecule has 1 unspecified atom stereocenters. The van der Waals surface area contributed by atoms with Crippen LogP contribution in [0.3, 0.4) is 0 Å². The first-order valence-corrected chi connectivity index (χ1v) is 9.47. The van der Waals surface area contributed by atoms with Crippen molar-refractivity contribution in [3.05, 3.63) is 35.4 Å². The maximum atomic E-state index is 5.15. The minimum absolute atomic E-state index is 0.229. The summed E-state index contributed by atoms with van der Waals surface area (Å²) >= 11 is 0. The Kier molecular flexibility index (Phi) is 8.77. The summed E-state index contributed by atoms with van der Waals surface area (Å²) in [5.41, 5.74) is 2.67. The molecule has 1 heterocycles. The van der Waals surface area contributed by atoms with Crippen LogP contribution in [0.2, 0.25) is 0 Å². The number of nitrogens with one attached hydrogen (secondary N) is 2. The van der Waals surface area contributed by atoms with Gasteiger partial charge in [0.25, 0.3) is 0 Å². The topological polar surface area (TPSA) is 48.9 Å². The average Bonchev–Trinajstić information content (AvgIpc) is 2.88. The van der Waals surface area contributed by atoms with Gasteiger partial charge in [-0.1, -0.05) is 37.1 Å². The molecule has 0 aliphatic carbocycles. The molecule has 1 saturated heterocycles. The van der Waals surface area contributed by atoms with E-state index in [-0.39, 0.29) is 6.04 Å². The number of likely N-dealkylation sites (tertiary alicyclic amines) is 1. The molecular weight excluding hydrogens is 312 g/mol. The average molecular weight is 347 g/mol. The van der Waals surface area contributed by atoms with Crippen LogP contribution >= 0.6 is 0 Å². The maximum Gasteiger partial charge on any atom is 0.191 e. The smallest absolute Gasteiger partial charge is 0.191 e. The molecule has 0 spiro atoms. The van der Waals surface area contributed by atoms with E-state index in [9.17, 15) is 0 Å². The molecule has 2 N–H and O–H groups in total. The van der Waals surface area contributed by atoms with Gasteiger partial charge in [0.15, 0.2) is 5.96 Å². The van der Waals surface area contributed by atoms with Crippen LogP contribution in [0, 0.1) is 0 Å². The molecule has 0 amide bonds. The summed E-state index contributed by atoms with van der Waals surface area (Å²) in [6, 6.07) is 9.17. The molecule has 25 heavy (non-hydrogen) atoms. The molecule has 1 aliphatic rings.